The van der Waals surface area contributed by atoms with Crippen molar-refractivity contribution >= 4 is 50.7 Å². The molecule has 1 N–H and O–H groups in total. The highest BCUT2D eigenvalue weighted by Gasteiger charge is 2.35. The van der Waals surface area contributed by atoms with Crippen LogP contribution in [0.4, 0.5) is 5.69 Å². The number of carbonyl (C=O) groups is 2. The molecule has 7 nitrogen and oxygen atoms in total. The SMILES string of the molecule is Cc1ccc(S(=O)(=O)N(CC(=O)N(Cc2ccc(Cl)c(Cl)c2)[C@@H](Cc2ccccc2)C(=O)NCC(C)C)c2ccccc2C)cc1. The minimum absolute atomic E-state index is 0.00544. The van der Waals surface area contributed by atoms with Crippen molar-refractivity contribution in [2.45, 2.75) is 51.6 Å². The number of hydrogen-bond donors (Lipinski definition) is 1. The molecule has 0 aromatic heterocycles. The van der Waals surface area contributed by atoms with Gasteiger partial charge in [-0.3, -0.25) is 13.9 Å². The summed E-state index contributed by atoms with van der Waals surface area (Å²) in [6, 6.07) is 27.0. The molecule has 0 bridgehead atoms. The first-order valence-corrected chi connectivity index (χ1v) is 17.3. The van der Waals surface area contributed by atoms with Crippen molar-refractivity contribution in [3.63, 3.8) is 0 Å². The molecule has 0 fully saturated rings. The van der Waals surface area contributed by atoms with Crippen LogP contribution in [0.25, 0.3) is 0 Å². The maximum Gasteiger partial charge on any atom is 0.264 e. The minimum atomic E-state index is -4.19. The first-order chi connectivity index (χ1) is 21.9. The lowest BCUT2D eigenvalue weighted by molar-refractivity contribution is -0.140. The van der Waals surface area contributed by atoms with Crippen LogP contribution in [0.3, 0.4) is 0 Å². The number of benzene rings is 4. The highest BCUT2D eigenvalue weighted by Crippen LogP contribution is 2.29. The summed E-state index contributed by atoms with van der Waals surface area (Å²) in [7, 11) is -4.19. The zero-order chi connectivity index (χ0) is 33.4. The van der Waals surface area contributed by atoms with Gasteiger partial charge in [0, 0.05) is 19.5 Å². The molecule has 242 valence electrons. The lowest BCUT2D eigenvalue weighted by atomic mass is 10.0. The Balaban J connectivity index is 1.82. The number of hydrogen-bond acceptors (Lipinski definition) is 4. The number of para-hydroxylation sites is 1. The summed E-state index contributed by atoms with van der Waals surface area (Å²) in [6.45, 7) is 7.51. The molecule has 0 aliphatic carbocycles. The molecule has 4 aromatic rings. The molecule has 0 aliphatic rings. The summed E-state index contributed by atoms with van der Waals surface area (Å²) >= 11 is 12.5. The normalized spacial score (nSPS) is 12.1. The van der Waals surface area contributed by atoms with Crippen LogP contribution in [0.5, 0.6) is 0 Å². The second-order valence-electron chi connectivity index (χ2n) is 11.7. The van der Waals surface area contributed by atoms with Crippen LogP contribution < -0.4 is 9.62 Å². The monoisotopic (exact) mass is 679 g/mol. The summed E-state index contributed by atoms with van der Waals surface area (Å²) in [5, 5.41) is 3.65. The van der Waals surface area contributed by atoms with E-state index < -0.39 is 28.5 Å². The Hall–Kier alpha value is -3.85. The molecule has 0 saturated carbocycles. The second-order valence-corrected chi connectivity index (χ2v) is 14.4. The molecule has 0 heterocycles. The highest BCUT2D eigenvalue weighted by molar-refractivity contribution is 7.92. The molecule has 4 rings (SSSR count). The van der Waals surface area contributed by atoms with Gasteiger partial charge in [-0.25, -0.2) is 8.42 Å². The van der Waals surface area contributed by atoms with Crippen molar-refractivity contribution < 1.29 is 18.0 Å². The molecule has 4 aromatic carbocycles. The Morgan fingerprint density at radius 1 is 0.804 bits per heavy atom. The summed E-state index contributed by atoms with van der Waals surface area (Å²) < 4.78 is 29.5. The standard InChI is InChI=1S/C36H39Cl2N3O4S/c1-25(2)22-39-36(43)34(21-28-11-6-5-7-12-28)40(23-29-16-19-31(37)32(38)20-29)35(42)24-41(33-13-9-8-10-27(33)4)46(44,45)30-17-14-26(3)15-18-30/h5-20,25,34H,21-24H2,1-4H3,(H,39,43)/t34-/m0/s1. The van der Waals surface area contributed by atoms with Crippen molar-refractivity contribution in [3.05, 3.63) is 129 Å². The van der Waals surface area contributed by atoms with E-state index in [-0.39, 0.29) is 29.7 Å². The van der Waals surface area contributed by atoms with Gasteiger partial charge in [-0.05, 0) is 66.8 Å². The van der Waals surface area contributed by atoms with Gasteiger partial charge in [0.1, 0.15) is 12.6 Å². The smallest absolute Gasteiger partial charge is 0.264 e. The van der Waals surface area contributed by atoms with E-state index in [0.29, 0.717) is 33.4 Å². The van der Waals surface area contributed by atoms with E-state index >= 15 is 0 Å². The average Bonchev–Trinajstić information content (AvgIpc) is 3.03. The number of aryl methyl sites for hydroxylation is 2. The minimum Gasteiger partial charge on any atom is -0.354 e. The van der Waals surface area contributed by atoms with Crippen molar-refractivity contribution in [3.8, 4) is 0 Å². The molecule has 46 heavy (non-hydrogen) atoms. The molecule has 2 amide bonds. The molecule has 10 heteroatoms. The Morgan fingerprint density at radius 3 is 2.09 bits per heavy atom. The van der Waals surface area contributed by atoms with Crippen LogP contribution in [-0.4, -0.2) is 44.3 Å². The quantitative estimate of drug-likeness (QED) is 0.162. The molecule has 0 aliphatic heterocycles. The Bertz CT molecular complexity index is 1760. The Kier molecular flexibility index (Phi) is 11.9. The number of nitrogens with one attached hydrogen (secondary N) is 1. The lowest BCUT2D eigenvalue weighted by Gasteiger charge is -2.34. The number of nitrogens with zero attached hydrogens (tertiary/aromatic N) is 2. The summed E-state index contributed by atoms with van der Waals surface area (Å²) in [4.78, 5) is 30.0. The number of anilines is 1. The van der Waals surface area contributed by atoms with E-state index in [9.17, 15) is 18.0 Å². The zero-order valence-electron chi connectivity index (χ0n) is 26.4. The van der Waals surface area contributed by atoms with Gasteiger partial charge in [-0.2, -0.15) is 0 Å². The van der Waals surface area contributed by atoms with Gasteiger partial charge in [-0.15, -0.1) is 0 Å². The number of rotatable bonds is 13. The van der Waals surface area contributed by atoms with Gasteiger partial charge >= 0.3 is 0 Å². The Morgan fingerprint density at radius 2 is 1.46 bits per heavy atom. The first kappa shape index (κ1) is 35.0. The highest BCUT2D eigenvalue weighted by atomic mass is 35.5. The van der Waals surface area contributed by atoms with Gasteiger partial charge in [0.2, 0.25) is 11.8 Å². The lowest BCUT2D eigenvalue weighted by Crippen LogP contribution is -2.53. The molecular formula is C36H39Cl2N3O4S. The van der Waals surface area contributed by atoms with Crippen molar-refractivity contribution in [1.82, 2.24) is 10.2 Å². The molecule has 0 spiro atoms. The number of halogens is 2. The van der Waals surface area contributed by atoms with Crippen molar-refractivity contribution in [2.24, 2.45) is 5.92 Å². The van der Waals surface area contributed by atoms with Gasteiger partial charge in [0.25, 0.3) is 10.0 Å². The molecular weight excluding hydrogens is 641 g/mol. The Labute approximate surface area is 282 Å². The van der Waals surface area contributed by atoms with Crippen LogP contribution in [0.15, 0.2) is 102 Å². The van der Waals surface area contributed by atoms with E-state index in [1.54, 1.807) is 55.5 Å². The van der Waals surface area contributed by atoms with E-state index in [2.05, 4.69) is 5.32 Å². The van der Waals surface area contributed by atoms with Crippen LogP contribution in [0.2, 0.25) is 10.0 Å². The number of sulfonamides is 1. The number of amides is 2. The van der Waals surface area contributed by atoms with Gasteiger partial charge in [0.15, 0.2) is 0 Å². The molecule has 0 saturated heterocycles. The molecule has 1 atom stereocenters. The largest absolute Gasteiger partial charge is 0.354 e. The predicted molar refractivity (Wildman–Crippen MR) is 186 cm³/mol. The third kappa shape index (κ3) is 8.90. The summed E-state index contributed by atoms with van der Waals surface area (Å²) in [5.41, 5.74) is 3.44. The fourth-order valence-electron chi connectivity index (χ4n) is 5.01. The van der Waals surface area contributed by atoms with Crippen molar-refractivity contribution in [1.29, 1.82) is 0 Å². The maximum absolute atomic E-state index is 14.6. The van der Waals surface area contributed by atoms with Crippen LogP contribution in [0, 0.1) is 19.8 Å². The molecule has 0 unspecified atom stereocenters. The summed E-state index contributed by atoms with van der Waals surface area (Å²) in [5.74, 6) is -0.711. The predicted octanol–water partition coefficient (Wildman–Crippen LogP) is 7.22. The van der Waals surface area contributed by atoms with Gasteiger partial charge < -0.3 is 10.2 Å². The summed E-state index contributed by atoms with van der Waals surface area (Å²) in [6.07, 6.45) is 0.215. The third-order valence-corrected chi connectivity index (χ3v) is 10.1. The van der Waals surface area contributed by atoms with Crippen LogP contribution >= 0.6 is 23.2 Å². The molecule has 0 radical (unpaired) electrons. The third-order valence-electron chi connectivity index (χ3n) is 7.56. The van der Waals surface area contributed by atoms with E-state index in [1.165, 1.54) is 17.0 Å². The average molecular weight is 681 g/mol. The fourth-order valence-corrected chi connectivity index (χ4v) is 6.80. The number of carbonyl (C=O) groups excluding carboxylic acids is 2. The van der Waals surface area contributed by atoms with E-state index in [1.807, 2.05) is 57.2 Å². The van der Waals surface area contributed by atoms with E-state index in [4.69, 9.17) is 23.2 Å². The van der Waals surface area contributed by atoms with Gasteiger partial charge in [0.05, 0.1) is 20.6 Å². The first-order valence-electron chi connectivity index (χ1n) is 15.1. The van der Waals surface area contributed by atoms with Crippen molar-refractivity contribution in [2.75, 3.05) is 17.4 Å². The fraction of sp³-hybridized carbons (Fsp3) is 0.278. The van der Waals surface area contributed by atoms with Gasteiger partial charge in [-0.1, -0.05) is 109 Å². The second kappa shape index (κ2) is 15.6. The van der Waals surface area contributed by atoms with Crippen LogP contribution in [-0.2, 0) is 32.6 Å². The zero-order valence-corrected chi connectivity index (χ0v) is 28.7. The topological polar surface area (TPSA) is 86.8 Å². The van der Waals surface area contributed by atoms with Crippen LogP contribution in [0.1, 0.15) is 36.1 Å². The maximum atomic E-state index is 14.6. The van der Waals surface area contributed by atoms with E-state index in [0.717, 1.165) is 15.4 Å².